The van der Waals surface area contributed by atoms with E-state index in [-0.39, 0.29) is 23.6 Å². The SMILES string of the molecule is CCc1c(C(=O)O)n(C)c2cc(CC)n(CC(=O)c3ccccc3)c(=O)c12. The van der Waals surface area contributed by atoms with E-state index in [9.17, 15) is 19.5 Å². The maximum atomic E-state index is 13.2. The van der Waals surface area contributed by atoms with Gasteiger partial charge in [-0.15, -0.1) is 0 Å². The van der Waals surface area contributed by atoms with Crippen molar-refractivity contribution in [1.82, 2.24) is 9.13 Å². The predicted molar refractivity (Wildman–Crippen MR) is 104 cm³/mol. The fraction of sp³-hybridized carbons (Fsp3) is 0.286. The van der Waals surface area contributed by atoms with E-state index in [1.807, 2.05) is 26.0 Å². The predicted octanol–water partition coefficient (Wildman–Crippen LogP) is 3.05. The molecule has 27 heavy (non-hydrogen) atoms. The summed E-state index contributed by atoms with van der Waals surface area (Å²) >= 11 is 0. The minimum absolute atomic E-state index is 0.0671. The van der Waals surface area contributed by atoms with Gasteiger partial charge in [0.05, 0.1) is 17.4 Å². The van der Waals surface area contributed by atoms with Crippen molar-refractivity contribution in [1.29, 1.82) is 0 Å². The number of aromatic carboxylic acids is 1. The maximum Gasteiger partial charge on any atom is 0.352 e. The minimum atomic E-state index is -1.06. The van der Waals surface area contributed by atoms with Crippen LogP contribution in [0.5, 0.6) is 0 Å². The van der Waals surface area contributed by atoms with Crippen molar-refractivity contribution in [2.24, 2.45) is 7.05 Å². The van der Waals surface area contributed by atoms with E-state index >= 15 is 0 Å². The third-order valence-electron chi connectivity index (χ3n) is 4.97. The van der Waals surface area contributed by atoms with Gasteiger partial charge in [0.2, 0.25) is 0 Å². The van der Waals surface area contributed by atoms with Crippen LogP contribution in [0.2, 0.25) is 0 Å². The normalized spacial score (nSPS) is 11.1. The molecule has 3 rings (SSSR count). The Morgan fingerprint density at radius 1 is 1.07 bits per heavy atom. The summed E-state index contributed by atoms with van der Waals surface area (Å²) in [5.41, 5.74) is 2.16. The Bertz CT molecular complexity index is 1090. The molecule has 0 aliphatic carbocycles. The van der Waals surface area contributed by atoms with Gasteiger partial charge < -0.3 is 14.2 Å². The lowest BCUT2D eigenvalue weighted by atomic mass is 10.1. The summed E-state index contributed by atoms with van der Waals surface area (Å²) < 4.78 is 3.03. The van der Waals surface area contributed by atoms with Crippen molar-refractivity contribution in [2.75, 3.05) is 0 Å². The highest BCUT2D eigenvalue weighted by molar-refractivity contribution is 5.99. The molecule has 0 saturated heterocycles. The van der Waals surface area contributed by atoms with Gasteiger partial charge in [-0.1, -0.05) is 44.2 Å². The van der Waals surface area contributed by atoms with E-state index in [0.29, 0.717) is 40.6 Å². The molecule has 0 fully saturated rings. The summed E-state index contributed by atoms with van der Waals surface area (Å²) in [6.07, 6.45) is 0.981. The number of carbonyl (C=O) groups is 2. The molecule has 0 amide bonds. The van der Waals surface area contributed by atoms with Crippen LogP contribution in [0.1, 0.15) is 46.0 Å². The maximum absolute atomic E-state index is 13.2. The van der Waals surface area contributed by atoms with Gasteiger partial charge in [-0.05, 0) is 24.5 Å². The molecule has 0 atom stereocenters. The van der Waals surface area contributed by atoms with Crippen LogP contribution in [-0.2, 0) is 26.4 Å². The molecule has 0 bridgehead atoms. The van der Waals surface area contributed by atoms with Gasteiger partial charge in [0, 0.05) is 18.3 Å². The fourth-order valence-corrected chi connectivity index (χ4v) is 3.61. The molecule has 0 saturated carbocycles. The third-order valence-corrected chi connectivity index (χ3v) is 4.97. The molecular formula is C21H22N2O4. The Morgan fingerprint density at radius 2 is 1.74 bits per heavy atom. The number of benzene rings is 1. The van der Waals surface area contributed by atoms with Crippen molar-refractivity contribution in [3.63, 3.8) is 0 Å². The molecule has 0 unspecified atom stereocenters. The number of nitrogens with zero attached hydrogens (tertiary/aromatic N) is 2. The van der Waals surface area contributed by atoms with Crippen molar-refractivity contribution >= 4 is 22.7 Å². The first-order valence-corrected chi connectivity index (χ1v) is 8.96. The minimum Gasteiger partial charge on any atom is -0.477 e. The Balaban J connectivity index is 2.24. The van der Waals surface area contributed by atoms with Crippen molar-refractivity contribution in [3.05, 3.63) is 69.3 Å². The van der Waals surface area contributed by atoms with Crippen LogP contribution in [0, 0.1) is 0 Å². The zero-order valence-corrected chi connectivity index (χ0v) is 15.7. The molecule has 6 nitrogen and oxygen atoms in total. The average molecular weight is 366 g/mol. The zero-order chi connectivity index (χ0) is 19.7. The van der Waals surface area contributed by atoms with Crippen LogP contribution in [-0.4, -0.2) is 26.0 Å². The van der Waals surface area contributed by atoms with Crippen molar-refractivity contribution in [2.45, 2.75) is 33.2 Å². The molecule has 140 valence electrons. The highest BCUT2D eigenvalue weighted by atomic mass is 16.4. The first-order chi connectivity index (χ1) is 12.9. The highest BCUT2D eigenvalue weighted by Crippen LogP contribution is 2.25. The van der Waals surface area contributed by atoms with Crippen LogP contribution >= 0.6 is 0 Å². The summed E-state index contributed by atoms with van der Waals surface area (Å²) in [6.45, 7) is 3.67. The van der Waals surface area contributed by atoms with E-state index in [1.165, 1.54) is 4.57 Å². The zero-order valence-electron chi connectivity index (χ0n) is 15.7. The quantitative estimate of drug-likeness (QED) is 0.680. The molecule has 3 aromatic rings. The number of Topliss-reactive ketones (excluding diaryl/α,β-unsaturated/α-hetero) is 1. The smallest absolute Gasteiger partial charge is 0.352 e. The van der Waals surface area contributed by atoms with Crippen molar-refractivity contribution in [3.8, 4) is 0 Å². The molecule has 0 spiro atoms. The second-order valence-electron chi connectivity index (χ2n) is 6.47. The number of carbonyl (C=O) groups excluding carboxylic acids is 1. The standard InChI is InChI=1S/C21H22N2O4/c1-4-14-11-16-18(15(5-2)19(21(26)27)22(16)3)20(25)23(14)12-17(24)13-9-7-6-8-10-13/h6-11H,4-5,12H2,1-3H3,(H,26,27). The van der Waals surface area contributed by atoms with Crippen LogP contribution in [0.25, 0.3) is 10.9 Å². The molecule has 1 N–H and O–H groups in total. The van der Waals surface area contributed by atoms with Gasteiger partial charge in [-0.3, -0.25) is 9.59 Å². The molecule has 6 heteroatoms. The van der Waals surface area contributed by atoms with Gasteiger partial charge in [0.15, 0.2) is 5.78 Å². The molecule has 0 aliphatic rings. The fourth-order valence-electron chi connectivity index (χ4n) is 3.61. The lowest BCUT2D eigenvalue weighted by Gasteiger charge is -2.12. The molecular weight excluding hydrogens is 344 g/mol. The first-order valence-electron chi connectivity index (χ1n) is 8.96. The van der Waals surface area contributed by atoms with Gasteiger partial charge in [0.1, 0.15) is 5.69 Å². The van der Waals surface area contributed by atoms with E-state index in [0.717, 1.165) is 0 Å². The number of rotatable bonds is 6. The molecule has 2 aromatic heterocycles. The molecule has 0 aliphatic heterocycles. The molecule has 0 radical (unpaired) electrons. The Hall–Kier alpha value is -3.15. The number of hydrogen-bond donors (Lipinski definition) is 1. The van der Waals surface area contributed by atoms with Crippen molar-refractivity contribution < 1.29 is 14.7 Å². The second-order valence-corrected chi connectivity index (χ2v) is 6.47. The summed E-state index contributed by atoms with van der Waals surface area (Å²) in [6, 6.07) is 10.7. The Kier molecular flexibility index (Phi) is 4.99. The highest BCUT2D eigenvalue weighted by Gasteiger charge is 2.24. The van der Waals surface area contributed by atoms with Gasteiger partial charge >= 0.3 is 5.97 Å². The Morgan fingerprint density at radius 3 is 2.30 bits per heavy atom. The first kappa shape index (κ1) is 18.6. The summed E-state index contributed by atoms with van der Waals surface area (Å²) in [5, 5.41) is 9.96. The number of carboxylic acid groups (broad SMARTS) is 1. The second kappa shape index (κ2) is 7.23. The topological polar surface area (TPSA) is 81.3 Å². The third kappa shape index (κ3) is 3.07. The number of hydrogen-bond acceptors (Lipinski definition) is 3. The van der Waals surface area contributed by atoms with Crippen LogP contribution in [0.4, 0.5) is 0 Å². The van der Waals surface area contributed by atoms with E-state index in [2.05, 4.69) is 0 Å². The number of aromatic nitrogens is 2. The van der Waals surface area contributed by atoms with Gasteiger partial charge in [-0.25, -0.2) is 4.79 Å². The number of aryl methyl sites for hydroxylation is 3. The van der Waals surface area contributed by atoms with Gasteiger partial charge in [0.25, 0.3) is 5.56 Å². The van der Waals surface area contributed by atoms with E-state index in [4.69, 9.17) is 0 Å². The van der Waals surface area contributed by atoms with Crippen LogP contribution in [0.15, 0.2) is 41.2 Å². The number of fused-ring (bicyclic) bond motifs is 1. The summed E-state index contributed by atoms with van der Waals surface area (Å²) in [5.74, 6) is -1.21. The summed E-state index contributed by atoms with van der Waals surface area (Å²) in [4.78, 5) is 37.6. The van der Waals surface area contributed by atoms with Crippen LogP contribution in [0.3, 0.4) is 0 Å². The lowest BCUT2D eigenvalue weighted by molar-refractivity contribution is 0.0685. The van der Waals surface area contributed by atoms with Gasteiger partial charge in [-0.2, -0.15) is 0 Å². The number of pyridine rings is 1. The number of carboxylic acids is 1. The lowest BCUT2D eigenvalue weighted by Crippen LogP contribution is -2.27. The Labute approximate surface area is 156 Å². The monoisotopic (exact) mass is 366 g/mol. The van der Waals surface area contributed by atoms with Crippen LogP contribution < -0.4 is 5.56 Å². The molecule has 1 aromatic carbocycles. The summed E-state index contributed by atoms with van der Waals surface area (Å²) in [7, 11) is 1.66. The largest absolute Gasteiger partial charge is 0.477 e. The van der Waals surface area contributed by atoms with E-state index in [1.54, 1.807) is 35.9 Å². The molecule has 2 heterocycles. The number of ketones is 1. The van der Waals surface area contributed by atoms with E-state index < -0.39 is 5.97 Å². The average Bonchev–Trinajstić information content (AvgIpc) is 2.96.